The number of nitrogens with one attached hydrogen (secondary N) is 1. The fourth-order valence-electron chi connectivity index (χ4n) is 3.04. The first-order chi connectivity index (χ1) is 11.7. The van der Waals surface area contributed by atoms with E-state index in [1.165, 1.54) is 0 Å². The lowest BCUT2D eigenvalue weighted by Gasteiger charge is -2.15. The summed E-state index contributed by atoms with van der Waals surface area (Å²) in [6.07, 6.45) is 0.544. The first-order valence-corrected chi connectivity index (χ1v) is 10.3. The van der Waals surface area contributed by atoms with E-state index < -0.39 is 9.84 Å². The van der Waals surface area contributed by atoms with Gasteiger partial charge in [-0.25, -0.2) is 8.42 Å². The van der Waals surface area contributed by atoms with Gasteiger partial charge < -0.3 is 5.32 Å². The van der Waals surface area contributed by atoms with Gasteiger partial charge in [-0.3, -0.25) is 9.48 Å². The number of nitrogens with zero attached hydrogens (tertiary/aromatic N) is 2. The van der Waals surface area contributed by atoms with Gasteiger partial charge in [0.05, 0.1) is 17.5 Å². The van der Waals surface area contributed by atoms with Crippen molar-refractivity contribution in [3.63, 3.8) is 0 Å². The van der Waals surface area contributed by atoms with Gasteiger partial charge in [0.2, 0.25) is 0 Å². The predicted molar refractivity (Wildman–Crippen MR) is 97.8 cm³/mol. The molecule has 6 nitrogen and oxygen atoms in total. The highest BCUT2D eigenvalue weighted by atomic mass is 32.2. The summed E-state index contributed by atoms with van der Waals surface area (Å²) in [5, 5.41) is 7.27. The van der Waals surface area contributed by atoms with E-state index in [9.17, 15) is 13.2 Å². The maximum atomic E-state index is 12.5. The second-order valence-corrected chi connectivity index (χ2v) is 9.16. The molecule has 1 atom stereocenters. The molecule has 0 unspecified atom stereocenters. The van der Waals surface area contributed by atoms with E-state index in [0.29, 0.717) is 17.8 Å². The number of sulfone groups is 1. The van der Waals surface area contributed by atoms with Crippen LogP contribution in [-0.2, 0) is 9.84 Å². The van der Waals surface area contributed by atoms with E-state index in [1.807, 2.05) is 45.0 Å². The average Bonchev–Trinajstić information content (AvgIpc) is 3.13. The number of benzene rings is 1. The number of hydrogen-bond acceptors (Lipinski definition) is 4. The third kappa shape index (κ3) is 3.92. The molecule has 0 aliphatic carbocycles. The maximum Gasteiger partial charge on any atom is 0.276 e. The Balaban J connectivity index is 1.86. The van der Waals surface area contributed by atoms with Crippen LogP contribution in [0.4, 0.5) is 5.69 Å². The molecule has 1 aromatic heterocycles. The summed E-state index contributed by atoms with van der Waals surface area (Å²) in [6.45, 7) is 6.01. The maximum absolute atomic E-state index is 12.5. The smallest absolute Gasteiger partial charge is 0.276 e. The van der Waals surface area contributed by atoms with Crippen LogP contribution in [-0.4, -0.2) is 35.6 Å². The molecule has 7 heteroatoms. The first kappa shape index (κ1) is 17.7. The quantitative estimate of drug-likeness (QED) is 0.908. The Morgan fingerprint density at radius 1 is 1.28 bits per heavy atom. The summed E-state index contributed by atoms with van der Waals surface area (Å²) in [5.41, 5.74) is 3.02. The fourth-order valence-corrected chi connectivity index (χ4v) is 4.74. The lowest BCUT2D eigenvalue weighted by molar-refractivity contribution is 0.102. The lowest BCUT2D eigenvalue weighted by atomic mass is 10.1. The number of rotatable bonds is 4. The van der Waals surface area contributed by atoms with Gasteiger partial charge >= 0.3 is 0 Å². The van der Waals surface area contributed by atoms with Gasteiger partial charge in [0.15, 0.2) is 15.5 Å². The lowest BCUT2D eigenvalue weighted by Crippen LogP contribution is -2.17. The van der Waals surface area contributed by atoms with E-state index in [2.05, 4.69) is 10.4 Å². The minimum absolute atomic E-state index is 0.0907. The monoisotopic (exact) mass is 361 g/mol. The van der Waals surface area contributed by atoms with Crippen LogP contribution in [0.15, 0.2) is 30.3 Å². The molecule has 1 aliphatic rings. The van der Waals surface area contributed by atoms with Crippen LogP contribution in [0.1, 0.15) is 54.0 Å². The van der Waals surface area contributed by atoms with E-state index in [0.717, 1.165) is 11.3 Å². The van der Waals surface area contributed by atoms with Crippen molar-refractivity contribution in [3.8, 4) is 0 Å². The Morgan fingerprint density at radius 2 is 1.96 bits per heavy atom. The van der Waals surface area contributed by atoms with Crippen molar-refractivity contribution in [3.05, 3.63) is 47.3 Å². The van der Waals surface area contributed by atoms with Crippen LogP contribution in [0.3, 0.4) is 0 Å². The molecule has 0 saturated carbocycles. The molecule has 2 aromatic rings. The number of amides is 1. The zero-order chi connectivity index (χ0) is 18.2. The summed E-state index contributed by atoms with van der Waals surface area (Å²) < 4.78 is 25.3. The number of hydrogen-bond donors (Lipinski definition) is 1. The van der Waals surface area contributed by atoms with Gasteiger partial charge in [-0.05, 0) is 37.5 Å². The molecule has 0 radical (unpaired) electrons. The first-order valence-electron chi connectivity index (χ1n) is 8.43. The third-order valence-electron chi connectivity index (χ3n) is 4.45. The van der Waals surface area contributed by atoms with Gasteiger partial charge in [0, 0.05) is 11.4 Å². The zero-order valence-corrected chi connectivity index (χ0v) is 15.5. The highest BCUT2D eigenvalue weighted by Gasteiger charge is 2.32. The van der Waals surface area contributed by atoms with Crippen molar-refractivity contribution in [2.24, 2.45) is 0 Å². The zero-order valence-electron chi connectivity index (χ0n) is 14.7. The van der Waals surface area contributed by atoms with Crippen molar-refractivity contribution < 1.29 is 13.2 Å². The molecule has 25 heavy (non-hydrogen) atoms. The minimum atomic E-state index is -3.01. The Bertz CT molecular complexity index is 883. The highest BCUT2D eigenvalue weighted by Crippen LogP contribution is 2.28. The normalized spacial score (nSPS) is 19.3. The number of carbonyl (C=O) groups is 1. The Hall–Kier alpha value is -2.15. The molecule has 1 N–H and O–H groups in total. The molecule has 1 aliphatic heterocycles. The Morgan fingerprint density at radius 3 is 2.52 bits per heavy atom. The Kier molecular flexibility index (Phi) is 4.69. The summed E-state index contributed by atoms with van der Waals surface area (Å²) in [4.78, 5) is 12.5. The highest BCUT2D eigenvalue weighted by molar-refractivity contribution is 7.91. The summed E-state index contributed by atoms with van der Waals surface area (Å²) >= 11 is 0. The number of aromatic nitrogens is 2. The van der Waals surface area contributed by atoms with Crippen LogP contribution in [0, 0.1) is 6.92 Å². The van der Waals surface area contributed by atoms with Crippen LogP contribution < -0.4 is 5.32 Å². The Labute approximate surface area is 148 Å². The second kappa shape index (κ2) is 6.63. The fraction of sp³-hybridized carbons (Fsp3) is 0.444. The molecule has 3 rings (SSSR count). The van der Waals surface area contributed by atoms with Crippen molar-refractivity contribution in [1.29, 1.82) is 0 Å². The number of anilines is 1. The molecule has 0 spiro atoms. The molecule has 1 saturated heterocycles. The van der Waals surface area contributed by atoms with E-state index in [1.54, 1.807) is 10.7 Å². The molecule has 2 heterocycles. The van der Waals surface area contributed by atoms with Crippen molar-refractivity contribution in [1.82, 2.24) is 9.78 Å². The minimum Gasteiger partial charge on any atom is -0.321 e. The van der Waals surface area contributed by atoms with Crippen LogP contribution in [0.2, 0.25) is 0 Å². The average molecular weight is 361 g/mol. The summed E-state index contributed by atoms with van der Waals surface area (Å²) in [6, 6.07) is 9.12. The molecule has 1 fully saturated rings. The van der Waals surface area contributed by atoms with Crippen molar-refractivity contribution in [2.45, 2.75) is 39.2 Å². The van der Waals surface area contributed by atoms with E-state index in [4.69, 9.17) is 0 Å². The van der Waals surface area contributed by atoms with Crippen LogP contribution in [0.25, 0.3) is 0 Å². The van der Waals surface area contributed by atoms with Gasteiger partial charge in [-0.15, -0.1) is 0 Å². The van der Waals surface area contributed by atoms with Gasteiger partial charge in [-0.1, -0.05) is 31.5 Å². The van der Waals surface area contributed by atoms with E-state index >= 15 is 0 Å². The van der Waals surface area contributed by atoms with Gasteiger partial charge in [-0.2, -0.15) is 5.10 Å². The third-order valence-corrected chi connectivity index (χ3v) is 6.20. The molecule has 134 valence electrons. The second-order valence-electron chi connectivity index (χ2n) is 6.93. The predicted octanol–water partition coefficient (Wildman–Crippen LogP) is 2.93. The molecular weight excluding hydrogens is 338 g/mol. The topological polar surface area (TPSA) is 81.1 Å². The van der Waals surface area contributed by atoms with Gasteiger partial charge in [0.1, 0.15) is 0 Å². The molecule has 1 aromatic carbocycles. The number of carbonyl (C=O) groups excluding carboxylic acids is 1. The van der Waals surface area contributed by atoms with Crippen molar-refractivity contribution >= 4 is 21.4 Å². The molecule has 0 bridgehead atoms. The summed E-state index contributed by atoms with van der Waals surface area (Å²) in [7, 11) is -3.01. The van der Waals surface area contributed by atoms with E-state index in [-0.39, 0.29) is 29.4 Å². The molecule has 1 amide bonds. The number of aryl methyl sites for hydroxylation is 1. The van der Waals surface area contributed by atoms with Crippen LogP contribution >= 0.6 is 0 Å². The van der Waals surface area contributed by atoms with Crippen LogP contribution in [0.5, 0.6) is 0 Å². The standard InChI is InChI=1S/C18H23N3O3S/c1-12(2)17-10-16(18(22)19-14-6-4-13(3)5-7-14)20-21(17)15-8-9-25(23,24)11-15/h4-7,10,12,15H,8-9,11H2,1-3H3,(H,19,22)/t15-/m1/s1. The summed E-state index contributed by atoms with van der Waals surface area (Å²) in [5.74, 6) is 0.134. The molecular formula is C18H23N3O3S. The largest absolute Gasteiger partial charge is 0.321 e. The van der Waals surface area contributed by atoms with Crippen molar-refractivity contribution in [2.75, 3.05) is 16.8 Å². The van der Waals surface area contributed by atoms with Gasteiger partial charge in [0.25, 0.3) is 5.91 Å². The SMILES string of the molecule is Cc1ccc(NC(=O)c2cc(C(C)C)n([C@@H]3CCS(=O)(=O)C3)n2)cc1.